The third kappa shape index (κ3) is 3.64. The molecular formula is C14H16N4O3S. The maximum Gasteiger partial charge on any atom is 0.273 e. The number of aromatic nitrogens is 2. The zero-order valence-corrected chi connectivity index (χ0v) is 13.3. The van der Waals surface area contributed by atoms with E-state index in [9.17, 15) is 14.9 Å². The van der Waals surface area contributed by atoms with E-state index in [1.807, 2.05) is 0 Å². The number of carbonyl (C=O) groups is 1. The minimum atomic E-state index is -0.502. The Hall–Kier alpha value is -2.35. The maximum absolute atomic E-state index is 12.2. The second-order valence-corrected chi connectivity index (χ2v) is 6.32. The molecule has 8 heteroatoms. The van der Waals surface area contributed by atoms with Crippen LogP contribution in [0.1, 0.15) is 34.8 Å². The summed E-state index contributed by atoms with van der Waals surface area (Å²) in [5, 5.41) is 22.7. The number of amides is 1. The molecule has 0 radical (unpaired) electrons. The van der Waals surface area contributed by atoms with Crippen molar-refractivity contribution in [3.8, 4) is 0 Å². The van der Waals surface area contributed by atoms with Crippen LogP contribution in [0, 0.1) is 23.0 Å². The van der Waals surface area contributed by atoms with Gasteiger partial charge in [0.1, 0.15) is 5.01 Å². The summed E-state index contributed by atoms with van der Waals surface area (Å²) in [7, 11) is 0. The molecule has 0 fully saturated rings. The summed E-state index contributed by atoms with van der Waals surface area (Å²) in [6, 6.07) is 4.41. The van der Waals surface area contributed by atoms with E-state index in [4.69, 9.17) is 0 Å². The van der Waals surface area contributed by atoms with Crippen LogP contribution in [0.25, 0.3) is 0 Å². The van der Waals surface area contributed by atoms with E-state index in [1.165, 1.54) is 23.5 Å². The van der Waals surface area contributed by atoms with Crippen LogP contribution in [0.5, 0.6) is 0 Å². The summed E-state index contributed by atoms with van der Waals surface area (Å²) in [5.41, 5.74) is 0.511. The highest BCUT2D eigenvalue weighted by atomic mass is 32.1. The Morgan fingerprint density at radius 2 is 2.14 bits per heavy atom. The number of hydrogen-bond acceptors (Lipinski definition) is 6. The fourth-order valence-electron chi connectivity index (χ4n) is 1.97. The lowest BCUT2D eigenvalue weighted by Gasteiger charge is -2.05. The molecular weight excluding hydrogens is 304 g/mol. The highest BCUT2D eigenvalue weighted by molar-refractivity contribution is 7.15. The maximum atomic E-state index is 12.2. The van der Waals surface area contributed by atoms with Gasteiger partial charge in [0.05, 0.1) is 4.92 Å². The van der Waals surface area contributed by atoms with Gasteiger partial charge in [0.25, 0.3) is 11.6 Å². The fraction of sp³-hybridized carbons (Fsp3) is 0.357. The van der Waals surface area contributed by atoms with Crippen LogP contribution >= 0.6 is 11.3 Å². The molecule has 1 aromatic heterocycles. The standard InChI is InChI=1S/C14H16N4O3S/c1-8(2)7-12-16-17-14(22-12)15-13(19)10-5-4-6-11(9(10)3)18(20)21/h4-6,8H,7H2,1-3H3,(H,15,17,19). The lowest BCUT2D eigenvalue weighted by molar-refractivity contribution is -0.385. The van der Waals surface area contributed by atoms with E-state index < -0.39 is 10.8 Å². The number of nitro benzene ring substituents is 1. The Balaban J connectivity index is 2.17. The first-order chi connectivity index (χ1) is 10.4. The van der Waals surface area contributed by atoms with Crippen molar-refractivity contribution in [2.24, 2.45) is 5.92 Å². The normalized spacial score (nSPS) is 10.7. The number of nitrogens with one attached hydrogen (secondary N) is 1. The van der Waals surface area contributed by atoms with Gasteiger partial charge in [0, 0.05) is 23.6 Å². The van der Waals surface area contributed by atoms with Crippen LogP contribution in [-0.4, -0.2) is 21.0 Å². The van der Waals surface area contributed by atoms with E-state index in [2.05, 4.69) is 29.4 Å². The molecule has 116 valence electrons. The molecule has 0 unspecified atom stereocenters. The van der Waals surface area contributed by atoms with Gasteiger partial charge in [0.2, 0.25) is 5.13 Å². The van der Waals surface area contributed by atoms with E-state index >= 15 is 0 Å². The summed E-state index contributed by atoms with van der Waals surface area (Å²) >= 11 is 1.31. The van der Waals surface area contributed by atoms with Gasteiger partial charge in [-0.05, 0) is 18.9 Å². The molecule has 0 spiro atoms. The van der Waals surface area contributed by atoms with Crippen molar-refractivity contribution in [3.63, 3.8) is 0 Å². The molecule has 2 rings (SSSR count). The lowest BCUT2D eigenvalue weighted by atomic mass is 10.1. The molecule has 0 aliphatic carbocycles. The fourth-order valence-corrected chi connectivity index (χ4v) is 2.91. The number of rotatable bonds is 5. The number of nitro groups is 1. The van der Waals surface area contributed by atoms with Gasteiger partial charge in [0.15, 0.2) is 0 Å². The van der Waals surface area contributed by atoms with Crippen molar-refractivity contribution in [2.45, 2.75) is 27.2 Å². The summed E-state index contributed by atoms with van der Waals surface area (Å²) in [6.07, 6.45) is 0.795. The minimum Gasteiger partial charge on any atom is -0.296 e. The van der Waals surface area contributed by atoms with Gasteiger partial charge in [-0.15, -0.1) is 10.2 Å². The topological polar surface area (TPSA) is 98.0 Å². The van der Waals surface area contributed by atoms with Crippen LogP contribution in [-0.2, 0) is 6.42 Å². The predicted octanol–water partition coefficient (Wildman–Crippen LogP) is 3.21. The van der Waals surface area contributed by atoms with Crippen molar-refractivity contribution in [1.29, 1.82) is 0 Å². The number of carbonyl (C=O) groups excluding carboxylic acids is 1. The number of anilines is 1. The molecule has 2 aromatic rings. The van der Waals surface area contributed by atoms with E-state index in [0.717, 1.165) is 11.4 Å². The quantitative estimate of drug-likeness (QED) is 0.674. The summed E-state index contributed by atoms with van der Waals surface area (Å²) in [5.74, 6) is 0.0314. The average molecular weight is 320 g/mol. The van der Waals surface area contributed by atoms with Gasteiger partial charge in [-0.3, -0.25) is 20.2 Å². The molecule has 1 heterocycles. The van der Waals surface area contributed by atoms with Crippen molar-refractivity contribution >= 4 is 28.1 Å². The molecule has 7 nitrogen and oxygen atoms in total. The molecule has 0 aliphatic heterocycles. The van der Waals surface area contributed by atoms with Crippen LogP contribution in [0.4, 0.5) is 10.8 Å². The van der Waals surface area contributed by atoms with E-state index in [-0.39, 0.29) is 11.3 Å². The third-order valence-corrected chi connectivity index (χ3v) is 3.88. The average Bonchev–Trinajstić information content (AvgIpc) is 2.84. The van der Waals surface area contributed by atoms with Crippen molar-refractivity contribution in [2.75, 3.05) is 5.32 Å². The Morgan fingerprint density at radius 3 is 2.77 bits per heavy atom. The highest BCUT2D eigenvalue weighted by Crippen LogP contribution is 2.23. The van der Waals surface area contributed by atoms with Crippen LogP contribution in [0.3, 0.4) is 0 Å². The van der Waals surface area contributed by atoms with Gasteiger partial charge in [-0.2, -0.15) is 0 Å². The molecule has 22 heavy (non-hydrogen) atoms. The van der Waals surface area contributed by atoms with E-state index in [1.54, 1.807) is 13.0 Å². The Morgan fingerprint density at radius 1 is 1.41 bits per heavy atom. The summed E-state index contributed by atoms with van der Waals surface area (Å²) in [4.78, 5) is 22.7. The second-order valence-electron chi connectivity index (χ2n) is 5.26. The molecule has 1 aromatic carbocycles. The molecule has 0 saturated carbocycles. The zero-order valence-electron chi connectivity index (χ0n) is 12.5. The lowest BCUT2D eigenvalue weighted by Crippen LogP contribution is -2.14. The first-order valence-electron chi connectivity index (χ1n) is 6.76. The molecule has 0 saturated heterocycles. The predicted molar refractivity (Wildman–Crippen MR) is 84.2 cm³/mol. The number of nitrogens with zero attached hydrogens (tertiary/aromatic N) is 3. The SMILES string of the molecule is Cc1c(C(=O)Nc2nnc(CC(C)C)s2)cccc1[N+](=O)[O-]. The van der Waals surface area contributed by atoms with Gasteiger partial charge < -0.3 is 0 Å². The minimum absolute atomic E-state index is 0.0783. The van der Waals surface area contributed by atoms with Gasteiger partial charge >= 0.3 is 0 Å². The summed E-state index contributed by atoms with van der Waals surface area (Å²) < 4.78 is 0. The van der Waals surface area contributed by atoms with Crippen LogP contribution in [0.15, 0.2) is 18.2 Å². The number of benzene rings is 1. The van der Waals surface area contributed by atoms with Crippen LogP contribution < -0.4 is 5.32 Å². The van der Waals surface area contributed by atoms with Crippen molar-refractivity contribution < 1.29 is 9.72 Å². The van der Waals surface area contributed by atoms with Crippen molar-refractivity contribution in [1.82, 2.24) is 10.2 Å². The molecule has 0 aliphatic rings. The third-order valence-electron chi connectivity index (χ3n) is 3.02. The Kier molecular flexibility index (Phi) is 4.81. The van der Waals surface area contributed by atoms with Gasteiger partial charge in [-0.25, -0.2) is 0 Å². The molecule has 0 bridgehead atoms. The smallest absolute Gasteiger partial charge is 0.273 e. The Bertz CT molecular complexity index is 712. The highest BCUT2D eigenvalue weighted by Gasteiger charge is 2.19. The van der Waals surface area contributed by atoms with Gasteiger partial charge in [-0.1, -0.05) is 31.3 Å². The summed E-state index contributed by atoms with van der Waals surface area (Å²) in [6.45, 7) is 5.70. The zero-order chi connectivity index (χ0) is 16.3. The van der Waals surface area contributed by atoms with E-state index in [0.29, 0.717) is 16.6 Å². The monoisotopic (exact) mass is 320 g/mol. The first-order valence-corrected chi connectivity index (χ1v) is 7.58. The van der Waals surface area contributed by atoms with Crippen molar-refractivity contribution in [3.05, 3.63) is 44.4 Å². The Labute approximate surface area is 131 Å². The number of hydrogen-bond donors (Lipinski definition) is 1. The molecule has 1 N–H and O–H groups in total. The second kappa shape index (κ2) is 6.61. The molecule has 0 atom stereocenters. The first kappa shape index (κ1) is 16.0. The molecule has 1 amide bonds. The largest absolute Gasteiger partial charge is 0.296 e. The van der Waals surface area contributed by atoms with Crippen LogP contribution in [0.2, 0.25) is 0 Å².